The van der Waals surface area contributed by atoms with Gasteiger partial charge < -0.3 is 19.5 Å². The highest BCUT2D eigenvalue weighted by Gasteiger charge is 2.30. The molecule has 0 radical (unpaired) electrons. The van der Waals surface area contributed by atoms with Crippen LogP contribution in [0.2, 0.25) is 0 Å². The van der Waals surface area contributed by atoms with Gasteiger partial charge in [-0.3, -0.25) is 14.2 Å². The molecule has 4 rings (SSSR count). The van der Waals surface area contributed by atoms with Crippen LogP contribution in [0.4, 0.5) is 4.79 Å². The molecule has 2 unspecified atom stereocenters. The summed E-state index contributed by atoms with van der Waals surface area (Å²) in [7, 11) is -1.52. The Morgan fingerprint density at radius 3 is 2.61 bits per heavy atom. The molecular formula is C25H33N3O7S. The van der Waals surface area contributed by atoms with E-state index in [4.69, 9.17) is 14.2 Å². The number of nitrogens with one attached hydrogen (secondary N) is 1. The lowest BCUT2D eigenvalue weighted by atomic mass is 10.0. The number of alkyl carbamates (subject to hydrolysis) is 1. The van der Waals surface area contributed by atoms with Crippen LogP contribution in [0.25, 0.3) is 10.8 Å². The van der Waals surface area contributed by atoms with Gasteiger partial charge in [-0.05, 0) is 58.2 Å². The Balaban J connectivity index is 1.43. The molecule has 0 aliphatic carbocycles. The second kappa shape index (κ2) is 11.1. The third kappa shape index (κ3) is 6.32. The summed E-state index contributed by atoms with van der Waals surface area (Å²) in [4.78, 5) is 38.0. The number of aromatic nitrogens is 1. The second-order valence-electron chi connectivity index (χ2n) is 10.1. The number of carbonyl (C=O) groups is 2. The third-order valence-corrected chi connectivity index (χ3v) is 7.71. The van der Waals surface area contributed by atoms with Gasteiger partial charge in [-0.15, -0.1) is 0 Å². The quantitative estimate of drug-likeness (QED) is 0.583. The first-order valence-corrected chi connectivity index (χ1v) is 13.3. The standard InChI is InChI=1S/C25H33N3O7S/c1-25(2,3)35-24(31)26-18-7-12-28(15-18)36(32)21-6-4-5-20-19(21)8-11-27(22(20)29)16-34-23(30)17-9-13-33-14-10-17/h4-6,8,11,17-18H,7,9-10,12-16H2,1-3H3,(H,26,31). The van der Waals surface area contributed by atoms with Gasteiger partial charge in [0.25, 0.3) is 5.56 Å². The summed E-state index contributed by atoms with van der Waals surface area (Å²) in [6.07, 6.45) is 2.93. The number of nitrogens with zero attached hydrogens (tertiary/aromatic N) is 2. The first-order chi connectivity index (χ1) is 17.1. The summed E-state index contributed by atoms with van der Waals surface area (Å²) < 4.78 is 32.5. The van der Waals surface area contributed by atoms with Crippen molar-refractivity contribution in [3.63, 3.8) is 0 Å². The number of fused-ring (bicyclic) bond motifs is 1. The van der Waals surface area contributed by atoms with Crippen molar-refractivity contribution in [2.45, 2.75) is 63.3 Å². The number of pyridine rings is 1. The molecule has 2 aromatic rings. The Hall–Kier alpha value is -2.76. The van der Waals surface area contributed by atoms with Crippen LogP contribution in [0.5, 0.6) is 0 Å². The van der Waals surface area contributed by atoms with E-state index in [9.17, 15) is 18.6 Å². The topological polar surface area (TPSA) is 116 Å². The van der Waals surface area contributed by atoms with Crippen LogP contribution >= 0.6 is 0 Å². The minimum Gasteiger partial charge on any atom is -0.444 e. The van der Waals surface area contributed by atoms with Crippen LogP contribution in [0.15, 0.2) is 40.2 Å². The molecule has 1 N–H and O–H groups in total. The Labute approximate surface area is 212 Å². The fourth-order valence-corrected chi connectivity index (χ4v) is 5.76. The molecule has 0 spiro atoms. The maximum Gasteiger partial charge on any atom is 0.407 e. The van der Waals surface area contributed by atoms with Crippen molar-refractivity contribution in [2.24, 2.45) is 5.92 Å². The lowest BCUT2D eigenvalue weighted by molar-refractivity contribution is -0.155. The summed E-state index contributed by atoms with van der Waals surface area (Å²) in [5.74, 6) is -0.540. The molecule has 2 aliphatic heterocycles. The predicted octanol–water partition coefficient (Wildman–Crippen LogP) is 2.55. The molecule has 11 heteroatoms. The molecule has 0 saturated carbocycles. The molecule has 1 aromatic heterocycles. The van der Waals surface area contributed by atoms with Crippen molar-refractivity contribution in [1.82, 2.24) is 14.2 Å². The summed E-state index contributed by atoms with van der Waals surface area (Å²) in [6.45, 7) is 7.22. The highest BCUT2D eigenvalue weighted by atomic mass is 32.2. The van der Waals surface area contributed by atoms with E-state index < -0.39 is 22.7 Å². The monoisotopic (exact) mass is 519 g/mol. The van der Waals surface area contributed by atoms with Crippen LogP contribution in [0.3, 0.4) is 0 Å². The first-order valence-electron chi connectivity index (χ1n) is 12.2. The van der Waals surface area contributed by atoms with Gasteiger partial charge in [0.2, 0.25) is 0 Å². The summed E-state index contributed by atoms with van der Waals surface area (Å²) in [5.41, 5.74) is -0.915. The van der Waals surface area contributed by atoms with Crippen LogP contribution < -0.4 is 10.9 Å². The second-order valence-corrected chi connectivity index (χ2v) is 11.5. The fraction of sp³-hybridized carbons (Fsp3) is 0.560. The highest BCUT2D eigenvalue weighted by Crippen LogP contribution is 2.24. The molecule has 36 heavy (non-hydrogen) atoms. The van der Waals surface area contributed by atoms with E-state index in [1.165, 1.54) is 4.57 Å². The normalized spacial score (nSPS) is 20.2. The first kappa shape index (κ1) is 26.3. The number of hydrogen-bond acceptors (Lipinski definition) is 7. The Kier molecular flexibility index (Phi) is 8.11. The van der Waals surface area contributed by atoms with Crippen molar-refractivity contribution in [1.29, 1.82) is 0 Å². The van der Waals surface area contributed by atoms with Crippen molar-refractivity contribution in [3.8, 4) is 0 Å². The van der Waals surface area contributed by atoms with Gasteiger partial charge >= 0.3 is 12.1 Å². The zero-order valence-corrected chi connectivity index (χ0v) is 21.7. The van der Waals surface area contributed by atoms with Gasteiger partial charge in [0.15, 0.2) is 6.73 Å². The SMILES string of the molecule is CC(C)(C)OC(=O)NC1CCN(S(=O)c2cccc3c(=O)n(COC(=O)C4CCOCC4)ccc23)C1. The summed E-state index contributed by atoms with van der Waals surface area (Å²) in [5, 5.41) is 3.81. The maximum atomic E-state index is 13.4. The van der Waals surface area contributed by atoms with Gasteiger partial charge in [-0.2, -0.15) is 0 Å². The Morgan fingerprint density at radius 2 is 1.89 bits per heavy atom. The van der Waals surface area contributed by atoms with Gasteiger partial charge in [0.05, 0.1) is 10.8 Å². The predicted molar refractivity (Wildman–Crippen MR) is 134 cm³/mol. The van der Waals surface area contributed by atoms with Gasteiger partial charge in [0, 0.05) is 49.3 Å². The molecule has 2 saturated heterocycles. The number of rotatable bonds is 6. The Morgan fingerprint density at radius 1 is 1.14 bits per heavy atom. The average Bonchev–Trinajstić information content (AvgIpc) is 3.30. The molecule has 1 aromatic carbocycles. The number of ether oxygens (including phenoxy) is 3. The maximum absolute atomic E-state index is 13.4. The van der Waals surface area contributed by atoms with E-state index in [-0.39, 0.29) is 30.2 Å². The fourth-order valence-electron chi connectivity index (χ4n) is 4.34. The van der Waals surface area contributed by atoms with E-state index in [1.807, 2.05) is 0 Å². The third-order valence-electron chi connectivity index (χ3n) is 6.17. The molecule has 10 nitrogen and oxygen atoms in total. The van der Waals surface area contributed by atoms with Gasteiger partial charge in [0.1, 0.15) is 16.6 Å². The Bertz CT molecular complexity index is 1200. The average molecular weight is 520 g/mol. The zero-order chi connectivity index (χ0) is 25.9. The largest absolute Gasteiger partial charge is 0.444 e. The number of hydrogen-bond donors (Lipinski definition) is 1. The molecule has 2 fully saturated rings. The number of esters is 1. The summed E-state index contributed by atoms with van der Waals surface area (Å²) in [6, 6.07) is 6.65. The van der Waals surface area contributed by atoms with Crippen molar-refractivity contribution >= 4 is 33.8 Å². The van der Waals surface area contributed by atoms with E-state index in [0.717, 1.165) is 0 Å². The van der Waals surface area contributed by atoms with Crippen LogP contribution in [-0.4, -0.2) is 63.1 Å². The lowest BCUT2D eigenvalue weighted by Crippen LogP contribution is -2.40. The summed E-state index contributed by atoms with van der Waals surface area (Å²) >= 11 is 0. The zero-order valence-electron chi connectivity index (χ0n) is 20.9. The van der Waals surface area contributed by atoms with Crippen molar-refractivity contribution < 1.29 is 28.0 Å². The minimum absolute atomic E-state index is 0.178. The molecule has 0 bridgehead atoms. The molecule has 3 heterocycles. The van der Waals surface area contributed by atoms with Gasteiger partial charge in [-0.25, -0.2) is 13.3 Å². The minimum atomic E-state index is -1.52. The van der Waals surface area contributed by atoms with Crippen molar-refractivity contribution in [2.75, 3.05) is 26.3 Å². The molecule has 2 atom stereocenters. The number of carbonyl (C=O) groups excluding carboxylic acids is 2. The van der Waals surface area contributed by atoms with E-state index in [1.54, 1.807) is 55.5 Å². The molecular weight excluding hydrogens is 486 g/mol. The lowest BCUT2D eigenvalue weighted by Gasteiger charge is -2.22. The van der Waals surface area contributed by atoms with Crippen molar-refractivity contribution in [3.05, 3.63) is 40.8 Å². The highest BCUT2D eigenvalue weighted by molar-refractivity contribution is 7.83. The van der Waals surface area contributed by atoms with Crippen LogP contribution in [0.1, 0.15) is 40.0 Å². The number of benzene rings is 1. The molecule has 1 amide bonds. The number of amides is 1. The van der Waals surface area contributed by atoms with E-state index >= 15 is 0 Å². The van der Waals surface area contributed by atoms with Crippen LogP contribution in [-0.2, 0) is 36.7 Å². The van der Waals surface area contributed by atoms with E-state index in [2.05, 4.69) is 5.32 Å². The van der Waals surface area contributed by atoms with E-state index in [0.29, 0.717) is 61.2 Å². The van der Waals surface area contributed by atoms with Gasteiger partial charge in [-0.1, -0.05) is 6.07 Å². The van der Waals surface area contributed by atoms with Crippen LogP contribution in [0, 0.1) is 5.92 Å². The molecule has 2 aliphatic rings. The molecule has 196 valence electrons. The smallest absolute Gasteiger partial charge is 0.407 e.